The summed E-state index contributed by atoms with van der Waals surface area (Å²) in [5.74, 6) is 0.853. The molecule has 16 heavy (non-hydrogen) atoms. The lowest BCUT2D eigenvalue weighted by Crippen LogP contribution is -2.17. The Balaban J connectivity index is 1.66. The first-order chi connectivity index (χ1) is 7.92. The van der Waals surface area contributed by atoms with Crippen LogP contribution in [0.4, 0.5) is 0 Å². The Bertz CT molecular complexity index is 375. The van der Waals surface area contributed by atoms with Crippen molar-refractivity contribution in [3.05, 3.63) is 29.9 Å². The summed E-state index contributed by atoms with van der Waals surface area (Å²) >= 11 is 0. The van der Waals surface area contributed by atoms with E-state index in [4.69, 9.17) is 0 Å². The minimum Gasteiger partial charge on any atom is -0.337 e. The summed E-state index contributed by atoms with van der Waals surface area (Å²) in [7, 11) is 0. The van der Waals surface area contributed by atoms with E-state index in [1.165, 1.54) is 44.9 Å². The van der Waals surface area contributed by atoms with Gasteiger partial charge < -0.3 is 4.57 Å². The van der Waals surface area contributed by atoms with Crippen LogP contribution in [0.25, 0.3) is 0 Å². The van der Waals surface area contributed by atoms with Gasteiger partial charge in [-0.1, -0.05) is 11.1 Å². The highest BCUT2D eigenvalue weighted by Gasteiger charge is 2.22. The molecule has 0 aromatic carbocycles. The third-order valence-electron chi connectivity index (χ3n) is 4.12. The van der Waals surface area contributed by atoms with Gasteiger partial charge >= 0.3 is 0 Å². The van der Waals surface area contributed by atoms with E-state index in [-0.39, 0.29) is 0 Å². The van der Waals surface area contributed by atoms with Crippen molar-refractivity contribution >= 4 is 0 Å². The minimum absolute atomic E-state index is 0.853. The maximum absolute atomic E-state index is 4.12. The van der Waals surface area contributed by atoms with Gasteiger partial charge in [0, 0.05) is 18.9 Å². The van der Waals surface area contributed by atoms with E-state index in [2.05, 4.69) is 15.7 Å². The van der Waals surface area contributed by atoms with Gasteiger partial charge in [0.2, 0.25) is 0 Å². The molecule has 0 radical (unpaired) electrons. The zero-order valence-corrected chi connectivity index (χ0v) is 9.86. The highest BCUT2D eigenvalue weighted by Crippen LogP contribution is 2.38. The molecule has 0 aliphatic heterocycles. The van der Waals surface area contributed by atoms with Crippen molar-refractivity contribution in [3.63, 3.8) is 0 Å². The number of rotatable bonds is 2. The molecule has 0 amide bonds. The summed E-state index contributed by atoms with van der Waals surface area (Å²) in [6.07, 6.45) is 15.7. The average molecular weight is 216 g/mol. The van der Waals surface area contributed by atoms with Crippen LogP contribution in [0, 0.1) is 5.92 Å². The van der Waals surface area contributed by atoms with Gasteiger partial charge in [0.15, 0.2) is 0 Å². The summed E-state index contributed by atoms with van der Waals surface area (Å²) < 4.78 is 2.24. The Labute approximate surface area is 97.4 Å². The second kappa shape index (κ2) is 4.44. The Kier molecular flexibility index (Phi) is 2.81. The molecule has 86 valence electrons. The molecule has 0 spiro atoms. The Morgan fingerprint density at radius 2 is 2.06 bits per heavy atom. The summed E-state index contributed by atoms with van der Waals surface area (Å²) in [6, 6.07) is 0. The predicted molar refractivity (Wildman–Crippen MR) is 65.1 cm³/mol. The standard InChI is InChI=1S/C14H20N2/c1-2-4-14-9-12(5-6-13(14)3-1)10-16-8-7-15-11-16/h7-8,11-12H,1-6,9-10H2. The topological polar surface area (TPSA) is 17.8 Å². The highest BCUT2D eigenvalue weighted by atomic mass is 15.0. The Morgan fingerprint density at radius 3 is 2.88 bits per heavy atom. The number of nitrogens with zero attached hydrogens (tertiary/aromatic N) is 2. The molecule has 2 heteroatoms. The highest BCUT2D eigenvalue weighted by molar-refractivity contribution is 5.20. The van der Waals surface area contributed by atoms with Gasteiger partial charge in [-0.15, -0.1) is 0 Å². The summed E-state index contributed by atoms with van der Waals surface area (Å²) in [5.41, 5.74) is 3.62. The van der Waals surface area contributed by atoms with Crippen LogP contribution in [0.15, 0.2) is 29.9 Å². The van der Waals surface area contributed by atoms with E-state index in [9.17, 15) is 0 Å². The third-order valence-corrected chi connectivity index (χ3v) is 4.12. The number of hydrogen-bond acceptors (Lipinski definition) is 1. The molecule has 1 unspecified atom stereocenters. The first kappa shape index (κ1) is 10.1. The van der Waals surface area contributed by atoms with Crippen molar-refractivity contribution in [2.45, 2.75) is 51.5 Å². The number of aromatic nitrogens is 2. The van der Waals surface area contributed by atoms with Crippen LogP contribution in [-0.4, -0.2) is 9.55 Å². The summed E-state index contributed by atoms with van der Waals surface area (Å²) in [6.45, 7) is 1.16. The molecule has 0 bridgehead atoms. The second-order valence-corrected chi connectivity index (χ2v) is 5.28. The normalized spacial score (nSPS) is 25.6. The predicted octanol–water partition coefficient (Wildman–Crippen LogP) is 3.55. The van der Waals surface area contributed by atoms with Crippen molar-refractivity contribution in [2.24, 2.45) is 5.92 Å². The average Bonchev–Trinajstić information content (AvgIpc) is 2.82. The van der Waals surface area contributed by atoms with Gasteiger partial charge in [-0.2, -0.15) is 0 Å². The van der Waals surface area contributed by atoms with Gasteiger partial charge in [-0.25, -0.2) is 4.98 Å². The number of imidazole rings is 1. The summed E-state index contributed by atoms with van der Waals surface area (Å²) in [4.78, 5) is 4.12. The molecule has 1 aromatic heterocycles. The molecule has 0 fully saturated rings. The largest absolute Gasteiger partial charge is 0.337 e. The smallest absolute Gasteiger partial charge is 0.0945 e. The Hall–Kier alpha value is -1.05. The van der Waals surface area contributed by atoms with Crippen LogP contribution in [0.5, 0.6) is 0 Å². The number of allylic oxidation sites excluding steroid dienone is 2. The zero-order chi connectivity index (χ0) is 10.8. The fourth-order valence-corrected chi connectivity index (χ4v) is 3.26. The van der Waals surface area contributed by atoms with Crippen molar-refractivity contribution < 1.29 is 0 Å². The minimum atomic E-state index is 0.853. The molecule has 2 nitrogen and oxygen atoms in total. The van der Waals surface area contributed by atoms with Crippen LogP contribution >= 0.6 is 0 Å². The van der Waals surface area contributed by atoms with E-state index in [0.717, 1.165) is 12.5 Å². The van der Waals surface area contributed by atoms with E-state index in [0.29, 0.717) is 0 Å². The lowest BCUT2D eigenvalue weighted by molar-refractivity contribution is 0.373. The van der Waals surface area contributed by atoms with Crippen molar-refractivity contribution in [2.75, 3.05) is 0 Å². The molecule has 0 N–H and O–H groups in total. The van der Waals surface area contributed by atoms with E-state index in [1.54, 1.807) is 0 Å². The lowest BCUT2D eigenvalue weighted by atomic mass is 9.77. The number of hydrogen-bond donors (Lipinski definition) is 0. The van der Waals surface area contributed by atoms with Crippen LogP contribution in [0.2, 0.25) is 0 Å². The Morgan fingerprint density at radius 1 is 1.19 bits per heavy atom. The second-order valence-electron chi connectivity index (χ2n) is 5.28. The van der Waals surface area contributed by atoms with Crippen molar-refractivity contribution in [1.29, 1.82) is 0 Å². The molecule has 0 saturated carbocycles. The summed E-state index contributed by atoms with van der Waals surface area (Å²) in [5, 5.41) is 0. The molecular formula is C14H20N2. The maximum atomic E-state index is 4.12. The van der Waals surface area contributed by atoms with E-state index < -0.39 is 0 Å². The quantitative estimate of drug-likeness (QED) is 0.691. The molecule has 0 saturated heterocycles. The molecule has 1 atom stereocenters. The first-order valence-corrected chi connectivity index (χ1v) is 6.57. The monoisotopic (exact) mass is 216 g/mol. The lowest BCUT2D eigenvalue weighted by Gasteiger charge is -2.30. The van der Waals surface area contributed by atoms with Crippen LogP contribution in [0.3, 0.4) is 0 Å². The fourth-order valence-electron chi connectivity index (χ4n) is 3.26. The first-order valence-electron chi connectivity index (χ1n) is 6.57. The van der Waals surface area contributed by atoms with Crippen LogP contribution in [0.1, 0.15) is 44.9 Å². The zero-order valence-electron chi connectivity index (χ0n) is 9.86. The van der Waals surface area contributed by atoms with E-state index >= 15 is 0 Å². The molecule has 2 aliphatic rings. The van der Waals surface area contributed by atoms with Crippen molar-refractivity contribution in [3.8, 4) is 0 Å². The molecule has 1 aromatic rings. The van der Waals surface area contributed by atoms with Gasteiger partial charge in [-0.05, 0) is 50.9 Å². The van der Waals surface area contributed by atoms with Crippen LogP contribution < -0.4 is 0 Å². The molecule has 2 aliphatic carbocycles. The third kappa shape index (κ3) is 2.06. The molecule has 3 rings (SSSR count). The van der Waals surface area contributed by atoms with Gasteiger partial charge in [0.1, 0.15) is 0 Å². The van der Waals surface area contributed by atoms with Crippen molar-refractivity contribution in [1.82, 2.24) is 9.55 Å². The maximum Gasteiger partial charge on any atom is 0.0945 e. The van der Waals surface area contributed by atoms with Gasteiger partial charge in [0.25, 0.3) is 0 Å². The van der Waals surface area contributed by atoms with Gasteiger partial charge in [0.05, 0.1) is 6.33 Å². The molecular weight excluding hydrogens is 196 g/mol. The van der Waals surface area contributed by atoms with E-state index in [1.807, 2.05) is 23.7 Å². The SMILES string of the molecule is c1cn(CC2CCC3=C(CCCC3)C2)cn1. The fraction of sp³-hybridized carbons (Fsp3) is 0.643. The van der Waals surface area contributed by atoms with Gasteiger partial charge in [-0.3, -0.25) is 0 Å². The van der Waals surface area contributed by atoms with Crippen LogP contribution in [-0.2, 0) is 6.54 Å². The molecule has 1 heterocycles.